The molecule has 0 unspecified atom stereocenters. The number of halogens is 1. The van der Waals surface area contributed by atoms with Crippen LogP contribution in [-0.2, 0) is 13.0 Å². The molecule has 2 amide bonds. The number of rotatable bonds is 4. The van der Waals surface area contributed by atoms with E-state index in [4.69, 9.17) is 0 Å². The number of nitrogens with one attached hydrogen (secondary N) is 1. The molecule has 3 aromatic rings. The Morgan fingerprint density at radius 3 is 2.69 bits per heavy atom. The molecule has 146 valence electrons. The first kappa shape index (κ1) is 18.8. The van der Waals surface area contributed by atoms with E-state index in [2.05, 4.69) is 10.3 Å². The van der Waals surface area contributed by atoms with Gasteiger partial charge in [0.15, 0.2) is 0 Å². The predicted octanol–water partition coefficient (Wildman–Crippen LogP) is 3.74. The maximum atomic E-state index is 13.1. The first-order valence-electron chi connectivity index (χ1n) is 9.50. The molecule has 0 fully saturated rings. The Labute approximate surface area is 168 Å². The van der Waals surface area contributed by atoms with Crippen molar-refractivity contribution in [1.82, 2.24) is 10.3 Å². The number of hydrogen-bond acceptors (Lipinski definition) is 3. The normalized spacial score (nSPS) is 12.9. The van der Waals surface area contributed by atoms with Crippen LogP contribution in [0.15, 0.2) is 66.9 Å². The van der Waals surface area contributed by atoms with Crippen LogP contribution in [-0.4, -0.2) is 23.3 Å². The lowest BCUT2D eigenvalue weighted by Crippen LogP contribution is -2.35. The number of nitrogens with zero attached hydrogens (tertiary/aromatic N) is 2. The number of anilines is 1. The minimum Gasteiger partial charge on any atom is -0.347 e. The Bertz CT molecular complexity index is 1050. The molecular formula is C23H20FN3O2. The summed E-state index contributed by atoms with van der Waals surface area (Å²) >= 11 is 0. The molecule has 0 radical (unpaired) electrons. The van der Waals surface area contributed by atoms with Crippen LogP contribution in [0.4, 0.5) is 10.1 Å². The van der Waals surface area contributed by atoms with Gasteiger partial charge in [0.1, 0.15) is 11.5 Å². The second-order valence-corrected chi connectivity index (χ2v) is 6.93. The van der Waals surface area contributed by atoms with E-state index in [0.717, 1.165) is 29.7 Å². The lowest BCUT2D eigenvalue weighted by Gasteiger charge is -2.29. The highest BCUT2D eigenvalue weighted by Gasteiger charge is 2.24. The largest absolute Gasteiger partial charge is 0.347 e. The Kier molecular flexibility index (Phi) is 5.33. The van der Waals surface area contributed by atoms with E-state index in [0.29, 0.717) is 12.1 Å². The molecule has 1 aliphatic heterocycles. The average Bonchev–Trinajstić information content (AvgIpc) is 2.77. The van der Waals surface area contributed by atoms with Gasteiger partial charge in [-0.3, -0.25) is 14.6 Å². The second-order valence-electron chi connectivity index (χ2n) is 6.93. The number of amides is 2. The van der Waals surface area contributed by atoms with Crippen molar-refractivity contribution in [1.29, 1.82) is 0 Å². The number of carbonyl (C=O) groups excluding carboxylic acids is 2. The number of benzene rings is 2. The van der Waals surface area contributed by atoms with E-state index in [1.165, 1.54) is 24.4 Å². The average molecular weight is 389 g/mol. The van der Waals surface area contributed by atoms with Gasteiger partial charge in [-0.2, -0.15) is 0 Å². The van der Waals surface area contributed by atoms with Crippen LogP contribution in [0.1, 0.15) is 38.4 Å². The Balaban J connectivity index is 1.49. The van der Waals surface area contributed by atoms with E-state index in [1.807, 2.05) is 24.3 Å². The molecule has 0 saturated carbocycles. The molecule has 29 heavy (non-hydrogen) atoms. The first-order valence-corrected chi connectivity index (χ1v) is 9.50. The SMILES string of the molecule is O=C(NCc1ccc(F)cc1)c1cc(C(=O)N2CCCc3ccccc32)ccn1. The number of para-hydroxylation sites is 1. The first-order chi connectivity index (χ1) is 14.1. The fourth-order valence-electron chi connectivity index (χ4n) is 3.46. The minimum atomic E-state index is -0.386. The van der Waals surface area contributed by atoms with Gasteiger partial charge < -0.3 is 10.2 Å². The van der Waals surface area contributed by atoms with Gasteiger partial charge in [0.05, 0.1) is 0 Å². The molecule has 5 nitrogen and oxygen atoms in total. The van der Waals surface area contributed by atoms with Crippen molar-refractivity contribution < 1.29 is 14.0 Å². The van der Waals surface area contributed by atoms with Gasteiger partial charge in [0.2, 0.25) is 0 Å². The van der Waals surface area contributed by atoms with Crippen molar-refractivity contribution in [2.75, 3.05) is 11.4 Å². The fourth-order valence-corrected chi connectivity index (χ4v) is 3.46. The predicted molar refractivity (Wildman–Crippen MR) is 108 cm³/mol. The molecule has 1 aromatic heterocycles. The number of hydrogen-bond donors (Lipinski definition) is 1. The molecule has 0 spiro atoms. The lowest BCUT2D eigenvalue weighted by molar-refractivity contribution is 0.0946. The van der Waals surface area contributed by atoms with Gasteiger partial charge in [-0.05, 0) is 54.3 Å². The quantitative estimate of drug-likeness (QED) is 0.739. The summed E-state index contributed by atoms with van der Waals surface area (Å²) in [5.74, 6) is -0.859. The zero-order chi connectivity index (χ0) is 20.2. The van der Waals surface area contributed by atoms with Crippen LogP contribution in [0, 0.1) is 5.82 Å². The standard InChI is InChI=1S/C23H20FN3O2/c24-19-9-7-16(8-10-19)15-26-22(28)20-14-18(11-12-25-20)23(29)27-13-3-5-17-4-1-2-6-21(17)27/h1-2,4,6-12,14H,3,5,13,15H2,(H,26,28). The van der Waals surface area contributed by atoms with Crippen molar-refractivity contribution in [3.05, 3.63) is 95.1 Å². The van der Waals surface area contributed by atoms with Gasteiger partial charge in [-0.25, -0.2) is 4.39 Å². The Morgan fingerprint density at radius 1 is 1.07 bits per heavy atom. The van der Waals surface area contributed by atoms with Crippen LogP contribution in [0.5, 0.6) is 0 Å². The summed E-state index contributed by atoms with van der Waals surface area (Å²) in [6, 6.07) is 16.9. The molecule has 4 rings (SSSR count). The zero-order valence-corrected chi connectivity index (χ0v) is 15.8. The number of aryl methyl sites for hydroxylation is 1. The van der Waals surface area contributed by atoms with Gasteiger partial charge in [-0.1, -0.05) is 30.3 Å². The van der Waals surface area contributed by atoms with Crippen LogP contribution in [0.2, 0.25) is 0 Å². The van der Waals surface area contributed by atoms with E-state index in [9.17, 15) is 14.0 Å². The number of carbonyl (C=O) groups is 2. The smallest absolute Gasteiger partial charge is 0.270 e. The van der Waals surface area contributed by atoms with Crippen LogP contribution < -0.4 is 10.2 Å². The van der Waals surface area contributed by atoms with E-state index in [1.54, 1.807) is 23.1 Å². The Hall–Kier alpha value is -3.54. The molecule has 0 atom stereocenters. The molecule has 1 N–H and O–H groups in total. The van der Waals surface area contributed by atoms with Crippen molar-refractivity contribution in [3.8, 4) is 0 Å². The summed E-state index contributed by atoms with van der Waals surface area (Å²) in [6.07, 6.45) is 3.32. The zero-order valence-electron chi connectivity index (χ0n) is 15.8. The van der Waals surface area contributed by atoms with Crippen molar-refractivity contribution >= 4 is 17.5 Å². The summed E-state index contributed by atoms with van der Waals surface area (Å²) in [7, 11) is 0. The summed E-state index contributed by atoms with van der Waals surface area (Å²) in [5, 5.41) is 2.75. The maximum absolute atomic E-state index is 13.1. The van der Waals surface area contributed by atoms with Crippen LogP contribution >= 0.6 is 0 Å². The summed E-state index contributed by atoms with van der Waals surface area (Å²) in [6.45, 7) is 0.892. The van der Waals surface area contributed by atoms with Gasteiger partial charge in [-0.15, -0.1) is 0 Å². The molecule has 0 aliphatic carbocycles. The van der Waals surface area contributed by atoms with Crippen molar-refractivity contribution in [2.45, 2.75) is 19.4 Å². The summed E-state index contributed by atoms with van der Waals surface area (Å²) < 4.78 is 13.0. The molecule has 0 bridgehead atoms. The topological polar surface area (TPSA) is 62.3 Å². The van der Waals surface area contributed by atoms with Crippen molar-refractivity contribution in [3.63, 3.8) is 0 Å². The molecule has 6 heteroatoms. The van der Waals surface area contributed by atoms with Gasteiger partial charge in [0.25, 0.3) is 11.8 Å². The third kappa shape index (κ3) is 4.16. The maximum Gasteiger partial charge on any atom is 0.270 e. The molecule has 2 aromatic carbocycles. The monoisotopic (exact) mass is 389 g/mol. The van der Waals surface area contributed by atoms with Crippen LogP contribution in [0.25, 0.3) is 0 Å². The molecular weight excluding hydrogens is 369 g/mol. The van der Waals surface area contributed by atoms with Gasteiger partial charge >= 0.3 is 0 Å². The number of fused-ring (bicyclic) bond motifs is 1. The van der Waals surface area contributed by atoms with E-state index < -0.39 is 0 Å². The van der Waals surface area contributed by atoms with E-state index >= 15 is 0 Å². The van der Waals surface area contributed by atoms with Crippen molar-refractivity contribution in [2.24, 2.45) is 0 Å². The lowest BCUT2D eigenvalue weighted by atomic mass is 10.0. The van der Waals surface area contributed by atoms with E-state index in [-0.39, 0.29) is 29.9 Å². The summed E-state index contributed by atoms with van der Waals surface area (Å²) in [5.41, 5.74) is 3.44. The second kappa shape index (κ2) is 8.22. The molecule has 0 saturated heterocycles. The Morgan fingerprint density at radius 2 is 1.86 bits per heavy atom. The highest BCUT2D eigenvalue weighted by atomic mass is 19.1. The third-order valence-electron chi connectivity index (χ3n) is 4.96. The molecule has 1 aliphatic rings. The van der Waals surface area contributed by atoms with Crippen LogP contribution in [0.3, 0.4) is 0 Å². The highest BCUT2D eigenvalue weighted by molar-refractivity contribution is 6.07. The highest BCUT2D eigenvalue weighted by Crippen LogP contribution is 2.28. The van der Waals surface area contributed by atoms with Gasteiger partial charge in [0, 0.05) is 30.5 Å². The minimum absolute atomic E-state index is 0.146. The fraction of sp³-hybridized carbons (Fsp3) is 0.174. The molecule has 2 heterocycles. The third-order valence-corrected chi connectivity index (χ3v) is 4.96. The number of pyridine rings is 1. The number of aromatic nitrogens is 1. The summed E-state index contributed by atoms with van der Waals surface area (Å²) in [4.78, 5) is 31.4.